The second-order valence-corrected chi connectivity index (χ2v) is 4.31. The highest BCUT2D eigenvalue weighted by atomic mass is 16.5. The van der Waals surface area contributed by atoms with Gasteiger partial charge in [-0.2, -0.15) is 0 Å². The summed E-state index contributed by atoms with van der Waals surface area (Å²) < 4.78 is 5.21. The van der Waals surface area contributed by atoms with Crippen LogP contribution in [-0.4, -0.2) is 50.0 Å². The molecule has 1 aliphatic heterocycles. The van der Waals surface area contributed by atoms with E-state index < -0.39 is 0 Å². The molecule has 0 aromatic heterocycles. The Balaban J connectivity index is 2.28. The third-order valence-electron chi connectivity index (χ3n) is 2.97. The van der Waals surface area contributed by atoms with Crippen molar-refractivity contribution in [3.05, 3.63) is 0 Å². The average Bonchev–Trinajstić information content (AvgIpc) is 2.10. The number of hydrogen-bond acceptors (Lipinski definition) is 3. The van der Waals surface area contributed by atoms with E-state index in [1.54, 1.807) is 7.11 Å². The molecule has 1 heterocycles. The van der Waals surface area contributed by atoms with E-state index in [1.807, 2.05) is 0 Å². The van der Waals surface area contributed by atoms with E-state index in [9.17, 15) is 0 Å². The predicted molar refractivity (Wildman–Crippen MR) is 52.7 cm³/mol. The normalized spacial score (nSPS) is 23.3. The number of methoxy groups -OCH3 is 1. The van der Waals surface area contributed by atoms with Crippen molar-refractivity contribution >= 4 is 0 Å². The number of β-amino-alcohol motifs (C(OH)–C–C–N with tert-alkyl or cyclic N) is 1. The Morgan fingerprint density at radius 3 is 2.46 bits per heavy atom. The first kappa shape index (κ1) is 11.0. The van der Waals surface area contributed by atoms with Crippen molar-refractivity contribution < 1.29 is 9.84 Å². The highest BCUT2D eigenvalue weighted by molar-refractivity contribution is 4.81. The summed E-state index contributed by atoms with van der Waals surface area (Å²) in [5.41, 5.74) is 0.362. The Hall–Kier alpha value is -0.120. The fourth-order valence-electron chi connectivity index (χ4n) is 1.95. The first-order valence-electron chi connectivity index (χ1n) is 5.02. The predicted octanol–water partition coefficient (Wildman–Crippen LogP) is 0.727. The SMILES string of the molecule is COCC1(C)CCN(CCO)CC1. The lowest BCUT2D eigenvalue weighted by molar-refractivity contribution is 0.0300. The summed E-state index contributed by atoms with van der Waals surface area (Å²) >= 11 is 0. The molecule has 1 aliphatic rings. The van der Waals surface area contributed by atoms with Crippen LogP contribution >= 0.6 is 0 Å². The monoisotopic (exact) mass is 187 g/mol. The highest BCUT2D eigenvalue weighted by Crippen LogP contribution is 2.30. The summed E-state index contributed by atoms with van der Waals surface area (Å²) in [5.74, 6) is 0. The highest BCUT2D eigenvalue weighted by Gasteiger charge is 2.29. The van der Waals surface area contributed by atoms with Gasteiger partial charge in [0.15, 0.2) is 0 Å². The van der Waals surface area contributed by atoms with Crippen LogP contribution in [0.25, 0.3) is 0 Å². The van der Waals surface area contributed by atoms with E-state index in [0.29, 0.717) is 5.41 Å². The second kappa shape index (κ2) is 4.94. The number of aliphatic hydroxyl groups excluding tert-OH is 1. The van der Waals surface area contributed by atoms with Crippen molar-refractivity contribution in [1.82, 2.24) is 4.90 Å². The van der Waals surface area contributed by atoms with Crippen LogP contribution < -0.4 is 0 Å². The van der Waals surface area contributed by atoms with Crippen LogP contribution in [0.15, 0.2) is 0 Å². The van der Waals surface area contributed by atoms with Crippen molar-refractivity contribution in [1.29, 1.82) is 0 Å². The molecule has 1 rings (SSSR count). The molecule has 0 bridgehead atoms. The van der Waals surface area contributed by atoms with Crippen LogP contribution in [0.5, 0.6) is 0 Å². The summed E-state index contributed by atoms with van der Waals surface area (Å²) in [7, 11) is 1.77. The van der Waals surface area contributed by atoms with Gasteiger partial charge in [-0.15, -0.1) is 0 Å². The zero-order valence-electron chi connectivity index (χ0n) is 8.75. The van der Waals surface area contributed by atoms with Gasteiger partial charge in [-0.25, -0.2) is 0 Å². The van der Waals surface area contributed by atoms with Gasteiger partial charge in [0.2, 0.25) is 0 Å². The molecule has 1 saturated heterocycles. The first-order chi connectivity index (χ1) is 6.20. The van der Waals surface area contributed by atoms with Crippen molar-refractivity contribution in [2.45, 2.75) is 19.8 Å². The fourth-order valence-corrected chi connectivity index (χ4v) is 1.95. The average molecular weight is 187 g/mol. The third kappa shape index (κ3) is 3.25. The van der Waals surface area contributed by atoms with Crippen LogP contribution in [0.1, 0.15) is 19.8 Å². The topological polar surface area (TPSA) is 32.7 Å². The van der Waals surface area contributed by atoms with Gasteiger partial charge in [-0.3, -0.25) is 0 Å². The van der Waals surface area contributed by atoms with E-state index in [-0.39, 0.29) is 6.61 Å². The molecule has 0 aromatic rings. The molecule has 1 fully saturated rings. The van der Waals surface area contributed by atoms with Gasteiger partial charge < -0.3 is 14.7 Å². The lowest BCUT2D eigenvalue weighted by atomic mass is 9.81. The number of likely N-dealkylation sites (tertiary alicyclic amines) is 1. The maximum Gasteiger partial charge on any atom is 0.0558 e. The maximum atomic E-state index is 8.79. The van der Waals surface area contributed by atoms with Crippen LogP contribution in [0.2, 0.25) is 0 Å². The molecule has 0 aliphatic carbocycles. The zero-order chi connectivity index (χ0) is 9.73. The summed E-state index contributed by atoms with van der Waals surface area (Å²) in [6.45, 7) is 6.44. The lowest BCUT2D eigenvalue weighted by Crippen LogP contribution is -2.41. The van der Waals surface area contributed by atoms with Gasteiger partial charge in [-0.1, -0.05) is 6.92 Å². The molecule has 13 heavy (non-hydrogen) atoms. The number of rotatable bonds is 4. The number of ether oxygens (including phenoxy) is 1. The Morgan fingerprint density at radius 1 is 1.38 bits per heavy atom. The van der Waals surface area contributed by atoms with Gasteiger partial charge >= 0.3 is 0 Å². The largest absolute Gasteiger partial charge is 0.395 e. The molecule has 0 unspecified atom stereocenters. The molecule has 0 amide bonds. The molecule has 0 spiro atoms. The van der Waals surface area contributed by atoms with Gasteiger partial charge in [0, 0.05) is 13.7 Å². The molecule has 0 saturated carbocycles. The van der Waals surface area contributed by atoms with Gasteiger partial charge in [-0.05, 0) is 31.3 Å². The van der Waals surface area contributed by atoms with Gasteiger partial charge in [0.05, 0.1) is 13.2 Å². The van der Waals surface area contributed by atoms with Crippen LogP contribution in [0.3, 0.4) is 0 Å². The zero-order valence-corrected chi connectivity index (χ0v) is 8.75. The van der Waals surface area contributed by atoms with Crippen molar-refractivity contribution in [2.75, 3.05) is 40.0 Å². The standard InChI is InChI=1S/C10H21NO2/c1-10(9-13-2)3-5-11(6-4-10)7-8-12/h12H,3-9H2,1-2H3. The quantitative estimate of drug-likeness (QED) is 0.704. The van der Waals surface area contributed by atoms with E-state index >= 15 is 0 Å². The third-order valence-corrected chi connectivity index (χ3v) is 2.97. The van der Waals surface area contributed by atoms with Crippen LogP contribution in [-0.2, 0) is 4.74 Å². The summed E-state index contributed by atoms with van der Waals surface area (Å²) in [5, 5.41) is 8.79. The van der Waals surface area contributed by atoms with E-state index in [4.69, 9.17) is 9.84 Å². The summed E-state index contributed by atoms with van der Waals surface area (Å²) in [6, 6.07) is 0. The fraction of sp³-hybridized carbons (Fsp3) is 1.00. The minimum Gasteiger partial charge on any atom is -0.395 e. The van der Waals surface area contributed by atoms with Crippen molar-refractivity contribution in [2.24, 2.45) is 5.41 Å². The molecule has 3 heteroatoms. The molecule has 1 N–H and O–H groups in total. The molecule has 0 aromatic carbocycles. The van der Waals surface area contributed by atoms with Crippen molar-refractivity contribution in [3.63, 3.8) is 0 Å². The molecular weight excluding hydrogens is 166 g/mol. The Labute approximate surface area is 80.7 Å². The van der Waals surface area contributed by atoms with E-state index in [0.717, 1.165) is 26.2 Å². The minimum absolute atomic E-state index is 0.279. The summed E-state index contributed by atoms with van der Waals surface area (Å²) in [6.07, 6.45) is 2.36. The number of hydrogen-bond donors (Lipinski definition) is 1. The summed E-state index contributed by atoms with van der Waals surface area (Å²) in [4.78, 5) is 2.32. The Bertz CT molecular complexity index is 142. The van der Waals surface area contributed by atoms with Crippen LogP contribution in [0.4, 0.5) is 0 Å². The van der Waals surface area contributed by atoms with Crippen LogP contribution in [0, 0.1) is 5.41 Å². The maximum absolute atomic E-state index is 8.79. The minimum atomic E-state index is 0.279. The molecule has 3 nitrogen and oxygen atoms in total. The first-order valence-corrected chi connectivity index (χ1v) is 5.02. The smallest absolute Gasteiger partial charge is 0.0558 e. The molecule has 78 valence electrons. The molecule has 0 radical (unpaired) electrons. The lowest BCUT2D eigenvalue weighted by Gasteiger charge is -2.38. The Morgan fingerprint density at radius 2 is 2.00 bits per heavy atom. The van der Waals surface area contributed by atoms with E-state index in [2.05, 4.69) is 11.8 Å². The van der Waals surface area contributed by atoms with E-state index in [1.165, 1.54) is 12.8 Å². The van der Waals surface area contributed by atoms with Crippen molar-refractivity contribution in [3.8, 4) is 0 Å². The number of aliphatic hydroxyl groups is 1. The number of piperidine rings is 1. The van der Waals surface area contributed by atoms with Gasteiger partial charge in [0.1, 0.15) is 0 Å². The molecular formula is C10H21NO2. The Kier molecular flexibility index (Phi) is 4.16. The number of nitrogens with zero attached hydrogens (tertiary/aromatic N) is 1. The molecule has 0 atom stereocenters. The van der Waals surface area contributed by atoms with Gasteiger partial charge in [0.25, 0.3) is 0 Å². The second-order valence-electron chi connectivity index (χ2n) is 4.31.